The normalized spacial score (nSPS) is 14.1. The van der Waals surface area contributed by atoms with Gasteiger partial charge in [0.25, 0.3) is 0 Å². The number of carbonyl (C=O) groups excluding carboxylic acids is 1. The number of amides is 1. The number of pyridine rings is 1. The van der Waals surface area contributed by atoms with Gasteiger partial charge in [-0.15, -0.1) is 0 Å². The topological polar surface area (TPSA) is 63.7 Å². The van der Waals surface area contributed by atoms with E-state index in [1.54, 1.807) is 6.20 Å². The average Bonchev–Trinajstić information content (AvgIpc) is 2.70. The summed E-state index contributed by atoms with van der Waals surface area (Å²) in [7, 11) is 0. The molecule has 0 unspecified atom stereocenters. The van der Waals surface area contributed by atoms with Gasteiger partial charge in [-0.3, -0.25) is 4.79 Å². The second kappa shape index (κ2) is 9.37. The van der Waals surface area contributed by atoms with E-state index in [-0.39, 0.29) is 5.91 Å². The first kappa shape index (κ1) is 19.2. The standard InChI is InChI=1S/C21H27N3O3/c1-16-5-3-7-19(17(16)2)27-12-8-20(25)23-15-18-6-4-9-22-21(18)24-10-13-26-14-11-24/h3-7,9H,8,10-15H2,1-2H3,(H,23,25). The van der Waals surface area contributed by atoms with Crippen LogP contribution in [-0.2, 0) is 16.1 Å². The van der Waals surface area contributed by atoms with Crippen molar-refractivity contribution in [3.63, 3.8) is 0 Å². The molecule has 1 aliphatic rings. The van der Waals surface area contributed by atoms with Crippen molar-refractivity contribution in [1.82, 2.24) is 10.3 Å². The van der Waals surface area contributed by atoms with Gasteiger partial charge in [-0.2, -0.15) is 0 Å². The van der Waals surface area contributed by atoms with Crippen molar-refractivity contribution in [3.05, 3.63) is 53.2 Å². The summed E-state index contributed by atoms with van der Waals surface area (Å²) >= 11 is 0. The molecule has 27 heavy (non-hydrogen) atoms. The van der Waals surface area contributed by atoms with Gasteiger partial charge < -0.3 is 19.7 Å². The molecular weight excluding hydrogens is 342 g/mol. The van der Waals surface area contributed by atoms with Crippen LogP contribution in [0.2, 0.25) is 0 Å². The van der Waals surface area contributed by atoms with Gasteiger partial charge in [-0.05, 0) is 37.1 Å². The van der Waals surface area contributed by atoms with Crippen molar-refractivity contribution in [2.75, 3.05) is 37.8 Å². The number of morpholine rings is 1. The summed E-state index contributed by atoms with van der Waals surface area (Å²) < 4.78 is 11.2. The number of aryl methyl sites for hydroxylation is 1. The Morgan fingerprint density at radius 3 is 2.85 bits per heavy atom. The largest absolute Gasteiger partial charge is 0.493 e. The predicted octanol–water partition coefficient (Wildman–Crippen LogP) is 2.62. The van der Waals surface area contributed by atoms with Crippen LogP contribution in [0, 0.1) is 13.8 Å². The maximum Gasteiger partial charge on any atom is 0.223 e. The number of hydrogen-bond acceptors (Lipinski definition) is 5. The van der Waals surface area contributed by atoms with E-state index in [2.05, 4.69) is 28.2 Å². The molecule has 0 saturated carbocycles. The Balaban J connectivity index is 1.49. The van der Waals surface area contributed by atoms with E-state index in [0.29, 0.717) is 32.8 Å². The van der Waals surface area contributed by atoms with Crippen LogP contribution >= 0.6 is 0 Å². The van der Waals surface area contributed by atoms with Gasteiger partial charge in [0, 0.05) is 31.4 Å². The predicted molar refractivity (Wildman–Crippen MR) is 105 cm³/mol. The molecule has 1 aliphatic heterocycles. The van der Waals surface area contributed by atoms with Gasteiger partial charge in [-0.25, -0.2) is 4.98 Å². The highest BCUT2D eigenvalue weighted by Crippen LogP contribution is 2.21. The Kier molecular flexibility index (Phi) is 6.65. The van der Waals surface area contributed by atoms with E-state index < -0.39 is 0 Å². The summed E-state index contributed by atoms with van der Waals surface area (Å²) in [4.78, 5) is 18.9. The fourth-order valence-electron chi connectivity index (χ4n) is 3.04. The molecule has 2 heterocycles. The molecule has 0 radical (unpaired) electrons. The molecule has 6 nitrogen and oxygen atoms in total. The highest BCUT2D eigenvalue weighted by molar-refractivity contribution is 5.76. The lowest BCUT2D eigenvalue weighted by Gasteiger charge is -2.29. The Hall–Kier alpha value is -2.60. The highest BCUT2D eigenvalue weighted by Gasteiger charge is 2.16. The van der Waals surface area contributed by atoms with Crippen LogP contribution in [-0.4, -0.2) is 43.8 Å². The van der Waals surface area contributed by atoms with Crippen LogP contribution in [0.5, 0.6) is 5.75 Å². The SMILES string of the molecule is Cc1cccc(OCCC(=O)NCc2cccnc2N2CCOCC2)c1C. The second-order valence-corrected chi connectivity index (χ2v) is 6.66. The minimum atomic E-state index is -0.0305. The monoisotopic (exact) mass is 369 g/mol. The van der Waals surface area contributed by atoms with Gasteiger partial charge in [0.15, 0.2) is 0 Å². The Bertz CT molecular complexity index is 773. The van der Waals surface area contributed by atoms with Crippen molar-refractivity contribution in [1.29, 1.82) is 0 Å². The third kappa shape index (κ3) is 5.20. The van der Waals surface area contributed by atoms with E-state index in [9.17, 15) is 4.79 Å². The van der Waals surface area contributed by atoms with E-state index in [1.807, 2.05) is 31.2 Å². The summed E-state index contributed by atoms with van der Waals surface area (Å²) in [6, 6.07) is 9.85. The molecule has 3 rings (SSSR count). The third-order valence-electron chi connectivity index (χ3n) is 4.80. The first-order valence-electron chi connectivity index (χ1n) is 9.37. The van der Waals surface area contributed by atoms with Crippen LogP contribution in [0.25, 0.3) is 0 Å². The second-order valence-electron chi connectivity index (χ2n) is 6.66. The molecule has 1 aromatic heterocycles. The Morgan fingerprint density at radius 1 is 1.22 bits per heavy atom. The molecule has 0 spiro atoms. The van der Waals surface area contributed by atoms with Crippen molar-refractivity contribution in [2.45, 2.75) is 26.8 Å². The molecule has 1 fully saturated rings. The lowest BCUT2D eigenvalue weighted by molar-refractivity contribution is -0.121. The number of nitrogens with one attached hydrogen (secondary N) is 1. The van der Waals surface area contributed by atoms with Crippen LogP contribution in [0.3, 0.4) is 0 Å². The molecule has 0 bridgehead atoms. The highest BCUT2D eigenvalue weighted by atomic mass is 16.5. The average molecular weight is 369 g/mol. The number of rotatable bonds is 7. The Labute approximate surface area is 160 Å². The lowest BCUT2D eigenvalue weighted by Crippen LogP contribution is -2.38. The molecule has 1 N–H and O–H groups in total. The quantitative estimate of drug-likeness (QED) is 0.813. The van der Waals surface area contributed by atoms with Crippen LogP contribution < -0.4 is 15.0 Å². The lowest BCUT2D eigenvalue weighted by atomic mass is 10.1. The van der Waals surface area contributed by atoms with Crippen LogP contribution in [0.15, 0.2) is 36.5 Å². The van der Waals surface area contributed by atoms with Gasteiger partial charge in [-0.1, -0.05) is 18.2 Å². The van der Waals surface area contributed by atoms with E-state index in [4.69, 9.17) is 9.47 Å². The van der Waals surface area contributed by atoms with E-state index >= 15 is 0 Å². The maximum absolute atomic E-state index is 12.2. The minimum absolute atomic E-state index is 0.0305. The zero-order valence-corrected chi connectivity index (χ0v) is 16.0. The zero-order valence-electron chi connectivity index (χ0n) is 16.0. The van der Waals surface area contributed by atoms with Gasteiger partial charge in [0.1, 0.15) is 11.6 Å². The molecule has 0 aliphatic carbocycles. The van der Waals surface area contributed by atoms with Crippen molar-refractivity contribution in [3.8, 4) is 5.75 Å². The number of anilines is 1. The van der Waals surface area contributed by atoms with E-state index in [0.717, 1.165) is 35.8 Å². The van der Waals surface area contributed by atoms with Crippen molar-refractivity contribution >= 4 is 11.7 Å². The number of aromatic nitrogens is 1. The molecular formula is C21H27N3O3. The number of ether oxygens (including phenoxy) is 2. The maximum atomic E-state index is 12.2. The molecule has 6 heteroatoms. The number of hydrogen-bond donors (Lipinski definition) is 1. The summed E-state index contributed by atoms with van der Waals surface area (Å²) in [5.74, 6) is 1.73. The van der Waals surface area contributed by atoms with Gasteiger partial charge in [0.05, 0.1) is 26.2 Å². The summed E-state index contributed by atoms with van der Waals surface area (Å²) in [5, 5.41) is 2.97. The first-order valence-corrected chi connectivity index (χ1v) is 9.37. The Morgan fingerprint density at radius 2 is 2.04 bits per heavy atom. The van der Waals surface area contributed by atoms with Crippen molar-refractivity contribution in [2.24, 2.45) is 0 Å². The zero-order chi connectivity index (χ0) is 19.1. The molecule has 1 aromatic carbocycles. The molecule has 2 aromatic rings. The smallest absolute Gasteiger partial charge is 0.223 e. The fraction of sp³-hybridized carbons (Fsp3) is 0.429. The molecule has 1 saturated heterocycles. The summed E-state index contributed by atoms with van der Waals surface area (Å²) in [5.41, 5.74) is 3.32. The number of benzene rings is 1. The minimum Gasteiger partial charge on any atom is -0.493 e. The van der Waals surface area contributed by atoms with E-state index in [1.165, 1.54) is 5.56 Å². The first-order chi connectivity index (χ1) is 13.1. The third-order valence-corrected chi connectivity index (χ3v) is 4.80. The molecule has 1 amide bonds. The van der Waals surface area contributed by atoms with Crippen molar-refractivity contribution < 1.29 is 14.3 Å². The van der Waals surface area contributed by atoms with Crippen LogP contribution in [0.4, 0.5) is 5.82 Å². The van der Waals surface area contributed by atoms with Gasteiger partial charge in [0.2, 0.25) is 5.91 Å². The summed E-state index contributed by atoms with van der Waals surface area (Å²) in [6.07, 6.45) is 2.11. The fourth-order valence-corrected chi connectivity index (χ4v) is 3.04. The molecule has 144 valence electrons. The van der Waals surface area contributed by atoms with Gasteiger partial charge >= 0.3 is 0 Å². The number of carbonyl (C=O) groups is 1. The number of nitrogens with zero attached hydrogens (tertiary/aromatic N) is 2. The summed E-state index contributed by atoms with van der Waals surface area (Å²) in [6.45, 7) is 7.96. The van der Waals surface area contributed by atoms with Crippen LogP contribution in [0.1, 0.15) is 23.1 Å². The molecule has 0 atom stereocenters.